The third-order valence-electron chi connectivity index (χ3n) is 1.49. The first-order valence-corrected chi connectivity index (χ1v) is 4.81. The van der Waals surface area contributed by atoms with E-state index in [4.69, 9.17) is 16.3 Å². The van der Waals surface area contributed by atoms with E-state index in [1.165, 1.54) is 0 Å². The number of terminal acetylenes is 1. The highest BCUT2D eigenvalue weighted by Crippen LogP contribution is 2.21. The maximum atomic E-state index is 8.85. The number of halogens is 1. The Morgan fingerprint density at radius 1 is 1.54 bits per heavy atom. The minimum absolute atomic E-state index is 0.0470. The fraction of sp³-hybridized carbons (Fsp3) is 0.200. The van der Waals surface area contributed by atoms with Crippen LogP contribution in [0.15, 0.2) is 18.2 Å². The van der Waals surface area contributed by atoms with E-state index in [0.29, 0.717) is 0 Å². The van der Waals surface area contributed by atoms with Crippen molar-refractivity contribution >= 4 is 22.6 Å². The van der Waals surface area contributed by atoms with Crippen molar-refractivity contribution in [3.05, 3.63) is 27.3 Å². The third kappa shape index (κ3) is 2.90. The molecule has 1 aromatic rings. The smallest absolute Gasteiger partial charge is 0.148 e. The van der Waals surface area contributed by atoms with Crippen molar-refractivity contribution in [1.82, 2.24) is 0 Å². The van der Waals surface area contributed by atoms with Gasteiger partial charge in [-0.2, -0.15) is 0 Å². The summed E-state index contributed by atoms with van der Waals surface area (Å²) in [7, 11) is 0. The van der Waals surface area contributed by atoms with Gasteiger partial charge in [0.2, 0.25) is 0 Å². The Morgan fingerprint density at radius 3 is 2.85 bits per heavy atom. The van der Waals surface area contributed by atoms with Crippen molar-refractivity contribution < 1.29 is 9.84 Å². The first-order valence-electron chi connectivity index (χ1n) is 3.73. The van der Waals surface area contributed by atoms with E-state index in [0.717, 1.165) is 14.9 Å². The van der Waals surface area contributed by atoms with Crippen LogP contribution in [0.4, 0.5) is 0 Å². The molecule has 0 aliphatic rings. The van der Waals surface area contributed by atoms with Crippen LogP contribution >= 0.6 is 22.6 Å². The van der Waals surface area contributed by atoms with E-state index in [9.17, 15) is 0 Å². The molecule has 68 valence electrons. The maximum Gasteiger partial charge on any atom is 0.148 e. The second kappa shape index (κ2) is 5.10. The summed E-state index contributed by atoms with van der Waals surface area (Å²) in [6, 6.07) is 5.49. The lowest BCUT2D eigenvalue weighted by Crippen LogP contribution is -1.96. The van der Waals surface area contributed by atoms with Gasteiger partial charge in [0.05, 0.1) is 10.2 Å². The third-order valence-corrected chi connectivity index (χ3v) is 2.33. The minimum Gasteiger partial charge on any atom is -0.480 e. The summed E-state index contributed by atoms with van der Waals surface area (Å²) < 4.78 is 6.22. The van der Waals surface area contributed by atoms with Crippen molar-refractivity contribution in [3.63, 3.8) is 0 Å². The van der Waals surface area contributed by atoms with Crippen LogP contribution in [0.25, 0.3) is 0 Å². The molecule has 0 spiro atoms. The molecule has 3 heteroatoms. The predicted molar refractivity (Wildman–Crippen MR) is 59.4 cm³/mol. The lowest BCUT2D eigenvalue weighted by atomic mass is 10.2. The van der Waals surface area contributed by atoms with E-state index >= 15 is 0 Å². The van der Waals surface area contributed by atoms with Gasteiger partial charge in [0, 0.05) is 0 Å². The van der Waals surface area contributed by atoms with Gasteiger partial charge in [-0.05, 0) is 40.3 Å². The number of rotatable bonds is 3. The predicted octanol–water partition coefficient (Wildman–Crippen LogP) is 1.80. The Morgan fingerprint density at radius 2 is 2.31 bits per heavy atom. The summed E-state index contributed by atoms with van der Waals surface area (Å²) in [5.41, 5.74) is 0.873. The molecule has 0 aromatic heterocycles. The number of hydrogen-bond acceptors (Lipinski definition) is 2. The molecular formula is C10H9IO2. The molecule has 0 amide bonds. The summed E-state index contributed by atoms with van der Waals surface area (Å²) >= 11 is 2.14. The maximum absolute atomic E-state index is 8.85. The van der Waals surface area contributed by atoms with Crippen molar-refractivity contribution in [2.45, 2.75) is 6.61 Å². The zero-order valence-electron chi connectivity index (χ0n) is 6.96. The van der Waals surface area contributed by atoms with Crippen molar-refractivity contribution in [1.29, 1.82) is 0 Å². The molecule has 0 aliphatic carbocycles. The Bertz CT molecular complexity index is 328. The van der Waals surface area contributed by atoms with Crippen molar-refractivity contribution in [2.24, 2.45) is 0 Å². The summed E-state index contributed by atoms with van der Waals surface area (Å²) in [6.45, 7) is 0.319. The molecular weight excluding hydrogens is 279 g/mol. The molecule has 13 heavy (non-hydrogen) atoms. The molecule has 2 nitrogen and oxygen atoms in total. The standard InChI is InChI=1S/C10H9IO2/c1-2-5-13-10-4-3-8(7-12)6-9(10)11/h1,3-4,6,12H,5,7H2. The topological polar surface area (TPSA) is 29.5 Å². The van der Waals surface area contributed by atoms with E-state index < -0.39 is 0 Å². The van der Waals surface area contributed by atoms with Gasteiger partial charge in [-0.3, -0.25) is 0 Å². The average Bonchev–Trinajstić information content (AvgIpc) is 2.16. The van der Waals surface area contributed by atoms with Crippen LogP contribution in [0, 0.1) is 15.9 Å². The quantitative estimate of drug-likeness (QED) is 0.679. The van der Waals surface area contributed by atoms with Gasteiger partial charge < -0.3 is 9.84 Å². The minimum atomic E-state index is 0.0470. The molecule has 0 unspecified atom stereocenters. The van der Waals surface area contributed by atoms with Gasteiger partial charge in [-0.25, -0.2) is 0 Å². The largest absolute Gasteiger partial charge is 0.480 e. The second-order valence-electron chi connectivity index (χ2n) is 2.42. The molecule has 0 fully saturated rings. The molecule has 1 rings (SSSR count). The van der Waals surface area contributed by atoms with E-state index in [1.807, 2.05) is 18.2 Å². The van der Waals surface area contributed by atoms with E-state index in [1.54, 1.807) is 0 Å². The van der Waals surface area contributed by atoms with Crippen LogP contribution in [0.1, 0.15) is 5.56 Å². The van der Waals surface area contributed by atoms with Gasteiger partial charge in [-0.1, -0.05) is 12.0 Å². The Hall–Kier alpha value is -0.730. The SMILES string of the molecule is C#CCOc1ccc(CO)cc1I. The first kappa shape index (κ1) is 10.4. The lowest BCUT2D eigenvalue weighted by molar-refractivity contribution is 0.281. The van der Waals surface area contributed by atoms with Gasteiger partial charge in [0.25, 0.3) is 0 Å². The number of hydrogen-bond donors (Lipinski definition) is 1. The van der Waals surface area contributed by atoms with Crippen LogP contribution in [-0.4, -0.2) is 11.7 Å². The zero-order valence-corrected chi connectivity index (χ0v) is 9.11. The van der Waals surface area contributed by atoms with Gasteiger partial charge >= 0.3 is 0 Å². The fourth-order valence-corrected chi connectivity index (χ4v) is 1.61. The highest BCUT2D eigenvalue weighted by Gasteiger charge is 2.00. The molecule has 0 heterocycles. The van der Waals surface area contributed by atoms with Crippen LogP contribution in [-0.2, 0) is 6.61 Å². The normalized spacial score (nSPS) is 9.31. The molecule has 1 N–H and O–H groups in total. The molecule has 0 atom stereocenters. The van der Waals surface area contributed by atoms with Crippen LogP contribution in [0.2, 0.25) is 0 Å². The highest BCUT2D eigenvalue weighted by molar-refractivity contribution is 14.1. The second-order valence-corrected chi connectivity index (χ2v) is 3.58. The van der Waals surface area contributed by atoms with Crippen molar-refractivity contribution in [2.75, 3.05) is 6.61 Å². The summed E-state index contributed by atoms with van der Waals surface area (Å²) in [4.78, 5) is 0. The number of ether oxygens (including phenoxy) is 1. The van der Waals surface area contributed by atoms with E-state index in [-0.39, 0.29) is 13.2 Å². The molecule has 0 aliphatic heterocycles. The molecule has 0 bridgehead atoms. The van der Waals surface area contributed by atoms with Gasteiger partial charge in [0.15, 0.2) is 0 Å². The number of aliphatic hydroxyl groups is 1. The molecule has 0 saturated heterocycles. The monoisotopic (exact) mass is 288 g/mol. The fourth-order valence-electron chi connectivity index (χ4n) is 0.879. The van der Waals surface area contributed by atoms with Gasteiger partial charge in [-0.15, -0.1) is 6.42 Å². The summed E-state index contributed by atoms with van der Waals surface area (Å²) in [5, 5.41) is 8.85. The van der Waals surface area contributed by atoms with Crippen LogP contribution < -0.4 is 4.74 Å². The van der Waals surface area contributed by atoms with E-state index in [2.05, 4.69) is 28.5 Å². The molecule has 1 aromatic carbocycles. The van der Waals surface area contributed by atoms with Crippen LogP contribution in [0.3, 0.4) is 0 Å². The Balaban J connectivity index is 2.80. The molecule has 0 radical (unpaired) electrons. The lowest BCUT2D eigenvalue weighted by Gasteiger charge is -2.05. The van der Waals surface area contributed by atoms with Crippen molar-refractivity contribution in [3.8, 4) is 18.1 Å². The average molecular weight is 288 g/mol. The number of benzene rings is 1. The van der Waals surface area contributed by atoms with Crippen LogP contribution in [0.5, 0.6) is 5.75 Å². The summed E-state index contributed by atoms with van der Waals surface area (Å²) in [6.07, 6.45) is 5.07. The molecule has 0 saturated carbocycles. The summed E-state index contributed by atoms with van der Waals surface area (Å²) in [5.74, 6) is 3.16. The highest BCUT2D eigenvalue weighted by atomic mass is 127. The first-order chi connectivity index (χ1) is 6.27. The van der Waals surface area contributed by atoms with Gasteiger partial charge in [0.1, 0.15) is 12.4 Å². The Labute approximate surface area is 91.1 Å². The number of aliphatic hydroxyl groups excluding tert-OH is 1. The Kier molecular flexibility index (Phi) is 4.06. The zero-order chi connectivity index (χ0) is 9.68.